The van der Waals surface area contributed by atoms with Crippen molar-refractivity contribution in [1.29, 1.82) is 0 Å². The predicted molar refractivity (Wildman–Crippen MR) is 62.6 cm³/mol. The van der Waals surface area contributed by atoms with Crippen LogP contribution in [0.25, 0.3) is 0 Å². The lowest BCUT2D eigenvalue weighted by Gasteiger charge is -2.42. The summed E-state index contributed by atoms with van der Waals surface area (Å²) in [5.41, 5.74) is 0.391. The average Bonchev–Trinajstić information content (AvgIpc) is 2.23. The monoisotopic (exact) mass is 198 g/mol. The van der Waals surface area contributed by atoms with Gasteiger partial charge in [-0.05, 0) is 39.7 Å². The van der Waals surface area contributed by atoms with E-state index in [0.717, 1.165) is 6.04 Å². The van der Waals surface area contributed by atoms with Gasteiger partial charge in [-0.3, -0.25) is 0 Å². The summed E-state index contributed by atoms with van der Waals surface area (Å²) in [4.78, 5) is 2.67. The summed E-state index contributed by atoms with van der Waals surface area (Å²) >= 11 is 0. The minimum absolute atomic E-state index is 0.391. The van der Waals surface area contributed by atoms with Gasteiger partial charge in [-0.1, -0.05) is 13.8 Å². The summed E-state index contributed by atoms with van der Waals surface area (Å²) in [6.45, 7) is 9.49. The van der Waals surface area contributed by atoms with Gasteiger partial charge in [0.05, 0.1) is 0 Å². The van der Waals surface area contributed by atoms with Gasteiger partial charge in [-0.25, -0.2) is 0 Å². The van der Waals surface area contributed by atoms with Crippen molar-refractivity contribution < 1.29 is 0 Å². The second-order valence-corrected chi connectivity index (χ2v) is 4.82. The molecule has 14 heavy (non-hydrogen) atoms. The van der Waals surface area contributed by atoms with Gasteiger partial charge in [0, 0.05) is 24.7 Å². The maximum Gasteiger partial charge on any atom is 0.0174 e. The van der Waals surface area contributed by atoms with E-state index in [4.69, 9.17) is 0 Å². The van der Waals surface area contributed by atoms with Crippen LogP contribution in [0.4, 0.5) is 0 Å². The Morgan fingerprint density at radius 3 is 2.07 bits per heavy atom. The van der Waals surface area contributed by atoms with Crippen LogP contribution in [-0.4, -0.2) is 36.6 Å². The first-order valence-electron chi connectivity index (χ1n) is 6.08. The van der Waals surface area contributed by atoms with E-state index in [1.807, 2.05) is 0 Å². The van der Waals surface area contributed by atoms with E-state index in [1.165, 1.54) is 38.8 Å². The first kappa shape index (κ1) is 12.0. The zero-order chi connectivity index (χ0) is 10.6. The Morgan fingerprint density at radius 1 is 1.21 bits per heavy atom. The number of nitrogens with zero attached hydrogens (tertiary/aromatic N) is 1. The fourth-order valence-corrected chi connectivity index (χ4v) is 2.44. The number of hydrogen-bond acceptors (Lipinski definition) is 2. The molecule has 2 heteroatoms. The fraction of sp³-hybridized carbons (Fsp3) is 1.00. The van der Waals surface area contributed by atoms with Gasteiger partial charge >= 0.3 is 0 Å². The van der Waals surface area contributed by atoms with Crippen LogP contribution in [0.2, 0.25) is 0 Å². The second kappa shape index (κ2) is 5.13. The van der Waals surface area contributed by atoms with Crippen LogP contribution in [0.3, 0.4) is 0 Å². The summed E-state index contributed by atoms with van der Waals surface area (Å²) in [5.74, 6) is 0. The van der Waals surface area contributed by atoms with Crippen molar-refractivity contribution in [3.05, 3.63) is 0 Å². The highest BCUT2D eigenvalue weighted by Gasteiger charge is 2.30. The zero-order valence-electron chi connectivity index (χ0n) is 10.3. The molecule has 0 bridgehead atoms. The van der Waals surface area contributed by atoms with Gasteiger partial charge in [-0.15, -0.1) is 0 Å². The third-order valence-corrected chi connectivity index (χ3v) is 3.96. The average molecular weight is 198 g/mol. The first-order chi connectivity index (χ1) is 6.65. The Morgan fingerprint density at radius 2 is 1.71 bits per heavy atom. The molecule has 0 unspecified atom stereocenters. The molecule has 0 saturated carbocycles. The van der Waals surface area contributed by atoms with E-state index in [1.54, 1.807) is 0 Å². The van der Waals surface area contributed by atoms with E-state index in [9.17, 15) is 0 Å². The first-order valence-corrected chi connectivity index (χ1v) is 6.08. The highest BCUT2D eigenvalue weighted by molar-refractivity contribution is 4.89. The molecule has 0 aliphatic carbocycles. The molecular weight excluding hydrogens is 172 g/mol. The van der Waals surface area contributed by atoms with Crippen LogP contribution in [0.5, 0.6) is 0 Å². The lowest BCUT2D eigenvalue weighted by molar-refractivity contribution is 0.105. The van der Waals surface area contributed by atoms with Crippen molar-refractivity contribution >= 4 is 0 Å². The SMILES string of the molecule is CCC(CC)N1CCC(C)(NC)CC1. The molecule has 0 aromatic carbocycles. The van der Waals surface area contributed by atoms with Gasteiger partial charge in [-0.2, -0.15) is 0 Å². The lowest BCUT2D eigenvalue weighted by Crippen LogP contribution is -2.52. The molecule has 1 saturated heterocycles. The highest BCUT2D eigenvalue weighted by Crippen LogP contribution is 2.24. The van der Waals surface area contributed by atoms with Crippen LogP contribution in [-0.2, 0) is 0 Å². The number of hydrogen-bond donors (Lipinski definition) is 1. The molecule has 1 heterocycles. The maximum atomic E-state index is 3.45. The topological polar surface area (TPSA) is 15.3 Å². The van der Waals surface area contributed by atoms with Crippen molar-refractivity contribution in [2.75, 3.05) is 20.1 Å². The minimum atomic E-state index is 0.391. The van der Waals surface area contributed by atoms with Crippen LogP contribution >= 0.6 is 0 Å². The lowest BCUT2D eigenvalue weighted by atomic mass is 9.89. The highest BCUT2D eigenvalue weighted by atomic mass is 15.2. The Kier molecular flexibility index (Phi) is 4.39. The molecule has 0 amide bonds. The molecule has 1 aliphatic rings. The van der Waals surface area contributed by atoms with E-state index >= 15 is 0 Å². The van der Waals surface area contributed by atoms with Gasteiger partial charge in [0.25, 0.3) is 0 Å². The molecule has 1 N–H and O–H groups in total. The summed E-state index contributed by atoms with van der Waals surface area (Å²) in [7, 11) is 2.09. The van der Waals surface area contributed by atoms with Crippen LogP contribution in [0.1, 0.15) is 46.5 Å². The van der Waals surface area contributed by atoms with Crippen molar-refractivity contribution in [3.63, 3.8) is 0 Å². The predicted octanol–water partition coefficient (Wildman–Crippen LogP) is 2.25. The van der Waals surface area contributed by atoms with E-state index in [0.29, 0.717) is 5.54 Å². The number of nitrogens with one attached hydrogen (secondary N) is 1. The van der Waals surface area contributed by atoms with Gasteiger partial charge in [0.1, 0.15) is 0 Å². The fourth-order valence-electron chi connectivity index (χ4n) is 2.44. The molecule has 1 fully saturated rings. The third-order valence-electron chi connectivity index (χ3n) is 3.96. The molecule has 84 valence electrons. The summed E-state index contributed by atoms with van der Waals surface area (Å²) in [6, 6.07) is 0.816. The van der Waals surface area contributed by atoms with Gasteiger partial charge in [0.15, 0.2) is 0 Å². The normalized spacial score (nSPS) is 22.9. The zero-order valence-corrected chi connectivity index (χ0v) is 10.3. The molecule has 0 aromatic heterocycles. The molecule has 1 aliphatic heterocycles. The van der Waals surface area contributed by atoms with Crippen molar-refractivity contribution in [2.45, 2.75) is 58.0 Å². The third kappa shape index (κ3) is 2.71. The molecule has 0 radical (unpaired) electrons. The Bertz CT molecular complexity index is 156. The molecule has 0 spiro atoms. The quantitative estimate of drug-likeness (QED) is 0.745. The minimum Gasteiger partial charge on any atom is -0.314 e. The van der Waals surface area contributed by atoms with Gasteiger partial charge in [0.2, 0.25) is 0 Å². The second-order valence-electron chi connectivity index (χ2n) is 4.82. The number of likely N-dealkylation sites (tertiary alicyclic amines) is 1. The Labute approximate surface area is 89.1 Å². The molecule has 2 nitrogen and oxygen atoms in total. The number of rotatable bonds is 4. The molecule has 0 atom stereocenters. The van der Waals surface area contributed by atoms with Crippen LogP contribution in [0, 0.1) is 0 Å². The van der Waals surface area contributed by atoms with Gasteiger partial charge < -0.3 is 10.2 Å². The van der Waals surface area contributed by atoms with E-state index in [-0.39, 0.29) is 0 Å². The van der Waals surface area contributed by atoms with Crippen molar-refractivity contribution in [2.24, 2.45) is 0 Å². The summed E-state index contributed by atoms with van der Waals surface area (Å²) in [6.07, 6.45) is 5.18. The molecule has 1 rings (SSSR count). The Balaban J connectivity index is 2.42. The summed E-state index contributed by atoms with van der Waals surface area (Å²) in [5, 5.41) is 3.45. The number of piperidine rings is 1. The smallest absolute Gasteiger partial charge is 0.0174 e. The van der Waals surface area contributed by atoms with Crippen LogP contribution in [0.15, 0.2) is 0 Å². The molecular formula is C12H26N2. The van der Waals surface area contributed by atoms with Crippen LogP contribution < -0.4 is 5.32 Å². The standard InChI is InChI=1S/C12H26N2/c1-5-11(6-2)14-9-7-12(3,13-4)8-10-14/h11,13H,5-10H2,1-4H3. The van der Waals surface area contributed by atoms with E-state index in [2.05, 4.69) is 38.0 Å². The van der Waals surface area contributed by atoms with E-state index < -0.39 is 0 Å². The maximum absolute atomic E-state index is 3.45. The Hall–Kier alpha value is -0.0800. The van der Waals surface area contributed by atoms with Crippen molar-refractivity contribution in [1.82, 2.24) is 10.2 Å². The molecule has 0 aromatic rings. The van der Waals surface area contributed by atoms with Crippen molar-refractivity contribution in [3.8, 4) is 0 Å². The largest absolute Gasteiger partial charge is 0.314 e. The summed E-state index contributed by atoms with van der Waals surface area (Å²) < 4.78 is 0.